The summed E-state index contributed by atoms with van der Waals surface area (Å²) in [5.74, 6) is 1.86. The second-order valence-electron chi connectivity index (χ2n) is 12.6. The fourth-order valence-electron chi connectivity index (χ4n) is 5.77. The van der Waals surface area contributed by atoms with Crippen molar-refractivity contribution in [3.05, 3.63) is 154 Å². The number of nitrogens with zero attached hydrogens (tertiary/aromatic N) is 3. The van der Waals surface area contributed by atoms with Crippen LogP contribution in [0.2, 0.25) is 5.02 Å². The van der Waals surface area contributed by atoms with Crippen LogP contribution >= 0.6 is 11.6 Å². The quantitative estimate of drug-likeness (QED) is 0.114. The Morgan fingerprint density at radius 3 is 2.29 bits per heavy atom. The standard InChI is InChI=1S/C42H41ClFN3O4/c1-30-7-14-36(15-8-30)49-24-19-32-9-11-33(12-10-32)28-46-20-22-47(23-21-46)41(48)18-13-34-25-31(2)42(38(43)26-34)51-40-17-16-37(27-45-40)50-29-35-5-3-4-6-39(35)44/h3-18,25-27H,19-24,28-29H2,1-2H3/b18-13+. The molecular weight excluding hydrogens is 665 g/mol. The zero-order valence-corrected chi connectivity index (χ0v) is 29.6. The Hall–Kier alpha value is -5.18. The van der Waals surface area contributed by atoms with Crippen LogP contribution in [0.15, 0.2) is 109 Å². The molecule has 51 heavy (non-hydrogen) atoms. The lowest BCUT2D eigenvalue weighted by molar-refractivity contribution is -0.127. The van der Waals surface area contributed by atoms with Crippen molar-refractivity contribution in [1.29, 1.82) is 0 Å². The second kappa shape index (κ2) is 17.2. The number of halogens is 2. The third-order valence-electron chi connectivity index (χ3n) is 8.73. The lowest BCUT2D eigenvalue weighted by Gasteiger charge is -2.34. The van der Waals surface area contributed by atoms with Crippen LogP contribution in [-0.4, -0.2) is 53.5 Å². The molecule has 262 valence electrons. The van der Waals surface area contributed by atoms with Crippen LogP contribution in [0.5, 0.6) is 23.1 Å². The van der Waals surface area contributed by atoms with E-state index in [0.29, 0.717) is 47.7 Å². The highest BCUT2D eigenvalue weighted by Gasteiger charge is 2.20. The number of rotatable bonds is 13. The fourth-order valence-corrected chi connectivity index (χ4v) is 6.08. The van der Waals surface area contributed by atoms with Crippen molar-refractivity contribution in [2.75, 3.05) is 32.8 Å². The van der Waals surface area contributed by atoms with Crippen molar-refractivity contribution in [1.82, 2.24) is 14.8 Å². The van der Waals surface area contributed by atoms with Crippen molar-refractivity contribution >= 4 is 23.6 Å². The lowest BCUT2D eigenvalue weighted by atomic mass is 10.1. The number of aromatic nitrogens is 1. The highest BCUT2D eigenvalue weighted by molar-refractivity contribution is 6.32. The number of benzene rings is 4. The Kier molecular flexibility index (Phi) is 12.0. The third kappa shape index (κ3) is 10.2. The Labute approximate surface area is 303 Å². The molecule has 0 radical (unpaired) electrons. The molecule has 1 saturated heterocycles. The van der Waals surface area contributed by atoms with Gasteiger partial charge in [0.1, 0.15) is 23.9 Å². The van der Waals surface area contributed by atoms with Gasteiger partial charge in [-0.05, 0) is 78.6 Å². The molecular formula is C42H41ClFN3O4. The molecule has 1 aliphatic rings. The Morgan fingerprint density at radius 2 is 1.59 bits per heavy atom. The van der Waals surface area contributed by atoms with E-state index in [4.69, 9.17) is 25.8 Å². The molecule has 6 rings (SSSR count). The predicted molar refractivity (Wildman–Crippen MR) is 199 cm³/mol. The maximum absolute atomic E-state index is 13.9. The van der Waals surface area contributed by atoms with E-state index in [0.717, 1.165) is 42.9 Å². The molecule has 1 amide bonds. The van der Waals surface area contributed by atoms with Crippen LogP contribution in [0, 0.1) is 19.7 Å². The lowest BCUT2D eigenvalue weighted by Crippen LogP contribution is -2.47. The van der Waals surface area contributed by atoms with E-state index in [9.17, 15) is 9.18 Å². The number of carbonyl (C=O) groups excluding carboxylic acids is 1. The molecule has 9 heteroatoms. The van der Waals surface area contributed by atoms with Gasteiger partial charge < -0.3 is 19.1 Å². The van der Waals surface area contributed by atoms with Crippen LogP contribution in [0.1, 0.15) is 33.4 Å². The van der Waals surface area contributed by atoms with Crippen molar-refractivity contribution < 1.29 is 23.4 Å². The maximum Gasteiger partial charge on any atom is 0.246 e. The predicted octanol–water partition coefficient (Wildman–Crippen LogP) is 8.84. The number of aryl methyl sites for hydroxylation is 2. The summed E-state index contributed by atoms with van der Waals surface area (Å²) < 4.78 is 31.4. The first-order valence-electron chi connectivity index (χ1n) is 17.1. The minimum atomic E-state index is -0.317. The van der Waals surface area contributed by atoms with Gasteiger partial charge in [0.05, 0.1) is 17.8 Å². The molecule has 0 saturated carbocycles. The summed E-state index contributed by atoms with van der Waals surface area (Å²) in [4.78, 5) is 21.6. The second-order valence-corrected chi connectivity index (χ2v) is 13.0. The minimum absolute atomic E-state index is 0.0255. The summed E-state index contributed by atoms with van der Waals surface area (Å²) in [6, 6.07) is 30.4. The number of carbonyl (C=O) groups is 1. The Balaban J connectivity index is 0.935. The van der Waals surface area contributed by atoms with E-state index in [1.54, 1.807) is 48.6 Å². The molecule has 0 aliphatic carbocycles. The molecule has 0 atom stereocenters. The first-order chi connectivity index (χ1) is 24.8. The summed E-state index contributed by atoms with van der Waals surface area (Å²) in [6.07, 6.45) is 5.76. The van der Waals surface area contributed by atoms with Gasteiger partial charge >= 0.3 is 0 Å². The molecule has 5 aromatic rings. The molecule has 7 nitrogen and oxygen atoms in total. The first kappa shape index (κ1) is 35.6. The number of ether oxygens (including phenoxy) is 3. The van der Waals surface area contributed by atoms with Crippen molar-refractivity contribution in [3.63, 3.8) is 0 Å². The number of piperazine rings is 1. The van der Waals surface area contributed by atoms with E-state index in [1.807, 2.05) is 30.0 Å². The summed E-state index contributed by atoms with van der Waals surface area (Å²) in [7, 11) is 0. The number of amides is 1. The molecule has 0 unspecified atom stereocenters. The molecule has 1 aromatic heterocycles. The van der Waals surface area contributed by atoms with Gasteiger partial charge in [0.2, 0.25) is 11.8 Å². The number of pyridine rings is 1. The van der Waals surface area contributed by atoms with Gasteiger partial charge in [-0.25, -0.2) is 9.37 Å². The Bertz CT molecular complexity index is 1920. The van der Waals surface area contributed by atoms with Crippen LogP contribution in [0.25, 0.3) is 6.08 Å². The Morgan fingerprint density at radius 1 is 0.863 bits per heavy atom. The minimum Gasteiger partial charge on any atom is -0.493 e. The van der Waals surface area contributed by atoms with Crippen LogP contribution in [-0.2, 0) is 24.4 Å². The van der Waals surface area contributed by atoms with Gasteiger partial charge in [-0.3, -0.25) is 9.69 Å². The summed E-state index contributed by atoms with van der Waals surface area (Å²) in [6.45, 7) is 8.52. The molecule has 0 spiro atoms. The van der Waals surface area contributed by atoms with Crippen molar-refractivity contribution in [2.45, 2.75) is 33.4 Å². The fraction of sp³-hybridized carbons (Fsp3) is 0.238. The third-order valence-corrected chi connectivity index (χ3v) is 9.01. The molecule has 1 aliphatic heterocycles. The van der Waals surface area contributed by atoms with Gasteiger partial charge in [0.15, 0.2) is 5.75 Å². The zero-order chi connectivity index (χ0) is 35.6. The average molecular weight is 706 g/mol. The van der Waals surface area contributed by atoms with Gasteiger partial charge in [-0.15, -0.1) is 0 Å². The molecule has 4 aromatic carbocycles. The van der Waals surface area contributed by atoms with Gasteiger partial charge in [-0.1, -0.05) is 71.8 Å². The SMILES string of the molecule is Cc1ccc(OCCc2ccc(CN3CCN(C(=O)/C=C/c4cc(C)c(Oc5ccc(OCc6ccccc6F)cn5)c(Cl)c4)CC3)cc2)cc1. The van der Waals surface area contributed by atoms with Gasteiger partial charge in [-0.2, -0.15) is 0 Å². The van der Waals surface area contributed by atoms with Gasteiger partial charge in [0.25, 0.3) is 0 Å². The van der Waals surface area contributed by atoms with Gasteiger partial charge in [0, 0.05) is 56.9 Å². The van der Waals surface area contributed by atoms with Crippen LogP contribution < -0.4 is 14.2 Å². The molecule has 1 fully saturated rings. The number of hydrogen-bond donors (Lipinski definition) is 0. The zero-order valence-electron chi connectivity index (χ0n) is 28.9. The van der Waals surface area contributed by atoms with E-state index in [1.165, 1.54) is 29.0 Å². The average Bonchev–Trinajstić information content (AvgIpc) is 3.14. The van der Waals surface area contributed by atoms with Crippen molar-refractivity contribution in [3.8, 4) is 23.1 Å². The summed E-state index contributed by atoms with van der Waals surface area (Å²) >= 11 is 6.60. The van der Waals surface area contributed by atoms with E-state index >= 15 is 0 Å². The molecule has 2 heterocycles. The highest BCUT2D eigenvalue weighted by atomic mass is 35.5. The maximum atomic E-state index is 13.9. The van der Waals surface area contributed by atoms with Crippen LogP contribution in [0.4, 0.5) is 4.39 Å². The van der Waals surface area contributed by atoms with E-state index < -0.39 is 0 Å². The van der Waals surface area contributed by atoms with Crippen molar-refractivity contribution in [2.24, 2.45) is 0 Å². The van der Waals surface area contributed by atoms with Crippen LogP contribution in [0.3, 0.4) is 0 Å². The number of hydrogen-bond acceptors (Lipinski definition) is 6. The van der Waals surface area contributed by atoms with E-state index in [2.05, 4.69) is 53.2 Å². The molecule has 0 bridgehead atoms. The molecule has 0 N–H and O–H groups in total. The van der Waals surface area contributed by atoms with E-state index in [-0.39, 0.29) is 18.3 Å². The smallest absolute Gasteiger partial charge is 0.246 e. The summed E-state index contributed by atoms with van der Waals surface area (Å²) in [5.41, 5.74) is 5.79. The topological polar surface area (TPSA) is 64.1 Å². The normalized spacial score (nSPS) is 13.4. The largest absolute Gasteiger partial charge is 0.493 e. The highest BCUT2D eigenvalue weighted by Crippen LogP contribution is 2.34. The summed E-state index contributed by atoms with van der Waals surface area (Å²) in [5, 5.41) is 0.404. The first-order valence-corrected chi connectivity index (χ1v) is 17.4. The monoisotopic (exact) mass is 705 g/mol.